The number of hydrogen-bond donors (Lipinski definition) is 2. The molecule has 1 aliphatic heterocycles. The molecule has 0 bridgehead atoms. The highest BCUT2D eigenvalue weighted by atomic mass is 16.3. The first-order valence-corrected chi connectivity index (χ1v) is 5.85. The Hall–Kier alpha value is -0.610. The van der Waals surface area contributed by atoms with E-state index < -0.39 is 0 Å². The predicted molar refractivity (Wildman–Crippen MR) is 57.2 cm³/mol. The van der Waals surface area contributed by atoms with Crippen LogP contribution in [0.2, 0.25) is 0 Å². The van der Waals surface area contributed by atoms with Crippen LogP contribution in [0.1, 0.15) is 32.1 Å². The van der Waals surface area contributed by atoms with E-state index in [2.05, 4.69) is 0 Å². The standard InChI is InChI=1S/C11H20N2O2/c12-8-11(4-2-5-11)10(15)13-6-1-3-9(13)7-14/h9,14H,1-8,12H2/t9-/m0/s1. The Bertz CT molecular complexity index is 245. The van der Waals surface area contributed by atoms with E-state index in [9.17, 15) is 9.90 Å². The Morgan fingerprint density at radius 3 is 2.67 bits per heavy atom. The number of carbonyl (C=O) groups is 1. The minimum absolute atomic E-state index is 0.0431. The topological polar surface area (TPSA) is 66.6 Å². The van der Waals surface area contributed by atoms with Crippen molar-refractivity contribution in [1.82, 2.24) is 4.90 Å². The lowest BCUT2D eigenvalue weighted by atomic mass is 9.67. The highest BCUT2D eigenvalue weighted by molar-refractivity contribution is 5.84. The quantitative estimate of drug-likeness (QED) is 0.697. The number of rotatable bonds is 3. The van der Waals surface area contributed by atoms with Gasteiger partial charge in [-0.2, -0.15) is 0 Å². The van der Waals surface area contributed by atoms with Crippen molar-refractivity contribution in [3.8, 4) is 0 Å². The fourth-order valence-corrected chi connectivity index (χ4v) is 2.71. The van der Waals surface area contributed by atoms with Gasteiger partial charge in [-0.25, -0.2) is 0 Å². The number of likely N-dealkylation sites (tertiary alicyclic amines) is 1. The molecule has 2 rings (SSSR count). The van der Waals surface area contributed by atoms with E-state index in [0.29, 0.717) is 6.54 Å². The second-order valence-corrected chi connectivity index (χ2v) is 4.82. The Morgan fingerprint density at radius 1 is 1.47 bits per heavy atom. The number of amides is 1. The summed E-state index contributed by atoms with van der Waals surface area (Å²) >= 11 is 0. The first kappa shape index (κ1) is 10.9. The van der Waals surface area contributed by atoms with E-state index >= 15 is 0 Å². The molecule has 1 atom stereocenters. The van der Waals surface area contributed by atoms with Crippen molar-refractivity contribution in [3.63, 3.8) is 0 Å². The molecule has 0 radical (unpaired) electrons. The maximum absolute atomic E-state index is 12.3. The van der Waals surface area contributed by atoms with E-state index in [1.807, 2.05) is 4.90 Å². The molecule has 1 amide bonds. The Kier molecular flexibility index (Phi) is 2.98. The number of hydrogen-bond acceptors (Lipinski definition) is 3. The Labute approximate surface area is 90.4 Å². The van der Waals surface area contributed by atoms with Crippen LogP contribution in [0.15, 0.2) is 0 Å². The van der Waals surface area contributed by atoms with Crippen LogP contribution in [0.4, 0.5) is 0 Å². The van der Waals surface area contributed by atoms with Crippen LogP contribution in [0.5, 0.6) is 0 Å². The third-order valence-corrected chi connectivity index (χ3v) is 4.00. The van der Waals surface area contributed by atoms with Crippen molar-refractivity contribution in [2.75, 3.05) is 19.7 Å². The summed E-state index contributed by atoms with van der Waals surface area (Å²) in [4.78, 5) is 14.1. The summed E-state index contributed by atoms with van der Waals surface area (Å²) in [6.45, 7) is 1.35. The molecule has 15 heavy (non-hydrogen) atoms. The first-order valence-electron chi connectivity index (χ1n) is 5.85. The van der Waals surface area contributed by atoms with E-state index in [1.165, 1.54) is 0 Å². The summed E-state index contributed by atoms with van der Waals surface area (Å²) in [6, 6.07) is 0.0431. The maximum Gasteiger partial charge on any atom is 0.230 e. The van der Waals surface area contributed by atoms with E-state index in [0.717, 1.165) is 38.6 Å². The molecule has 3 N–H and O–H groups in total. The molecule has 0 aromatic carbocycles. The van der Waals surface area contributed by atoms with Crippen molar-refractivity contribution < 1.29 is 9.90 Å². The number of nitrogens with zero attached hydrogens (tertiary/aromatic N) is 1. The van der Waals surface area contributed by atoms with Crippen LogP contribution in [-0.4, -0.2) is 41.7 Å². The van der Waals surface area contributed by atoms with Gasteiger partial charge in [-0.05, 0) is 25.7 Å². The fraction of sp³-hybridized carbons (Fsp3) is 0.909. The van der Waals surface area contributed by atoms with Gasteiger partial charge in [0.15, 0.2) is 0 Å². The third kappa shape index (κ3) is 1.66. The zero-order valence-electron chi connectivity index (χ0n) is 9.11. The summed E-state index contributed by atoms with van der Waals surface area (Å²) in [5, 5.41) is 9.19. The summed E-state index contributed by atoms with van der Waals surface area (Å²) in [6.07, 6.45) is 4.91. The fourth-order valence-electron chi connectivity index (χ4n) is 2.71. The normalized spacial score (nSPS) is 28.9. The van der Waals surface area contributed by atoms with E-state index in [1.54, 1.807) is 0 Å². The van der Waals surface area contributed by atoms with Gasteiger partial charge >= 0.3 is 0 Å². The molecule has 0 aromatic rings. The van der Waals surface area contributed by atoms with Crippen molar-refractivity contribution in [3.05, 3.63) is 0 Å². The van der Waals surface area contributed by atoms with Crippen LogP contribution in [0, 0.1) is 5.41 Å². The van der Waals surface area contributed by atoms with Crippen LogP contribution >= 0.6 is 0 Å². The molecule has 1 heterocycles. The SMILES string of the molecule is NCC1(C(=O)N2CCC[C@H]2CO)CCC1. The molecule has 86 valence electrons. The summed E-state index contributed by atoms with van der Waals surface area (Å²) < 4.78 is 0. The van der Waals surface area contributed by atoms with Crippen molar-refractivity contribution in [2.24, 2.45) is 11.1 Å². The lowest BCUT2D eigenvalue weighted by Gasteiger charge is -2.43. The van der Waals surface area contributed by atoms with Gasteiger partial charge in [-0.3, -0.25) is 4.79 Å². The highest BCUT2D eigenvalue weighted by Gasteiger charge is 2.47. The van der Waals surface area contributed by atoms with E-state index in [-0.39, 0.29) is 24.0 Å². The molecule has 2 aliphatic rings. The van der Waals surface area contributed by atoms with Gasteiger partial charge in [0.25, 0.3) is 0 Å². The van der Waals surface area contributed by atoms with Gasteiger partial charge in [-0.15, -0.1) is 0 Å². The lowest BCUT2D eigenvalue weighted by molar-refractivity contribution is -0.148. The summed E-state index contributed by atoms with van der Waals surface area (Å²) in [5.74, 6) is 0.188. The predicted octanol–water partition coefficient (Wildman–Crippen LogP) is 0.0987. The largest absolute Gasteiger partial charge is 0.394 e. The lowest BCUT2D eigenvalue weighted by Crippen LogP contribution is -2.53. The minimum atomic E-state index is -0.280. The second kappa shape index (κ2) is 4.10. The molecule has 4 nitrogen and oxygen atoms in total. The number of nitrogens with two attached hydrogens (primary N) is 1. The highest BCUT2D eigenvalue weighted by Crippen LogP contribution is 2.42. The van der Waals surface area contributed by atoms with Gasteiger partial charge in [0.2, 0.25) is 5.91 Å². The molecule has 2 fully saturated rings. The van der Waals surface area contributed by atoms with E-state index in [4.69, 9.17) is 5.73 Å². The summed E-state index contributed by atoms with van der Waals surface area (Å²) in [5.41, 5.74) is 5.43. The molecule has 1 saturated heterocycles. The first-order chi connectivity index (χ1) is 7.23. The molecule has 1 aliphatic carbocycles. The average Bonchev–Trinajstić information content (AvgIpc) is 2.64. The van der Waals surface area contributed by atoms with Crippen LogP contribution in [0.25, 0.3) is 0 Å². The monoisotopic (exact) mass is 212 g/mol. The zero-order valence-corrected chi connectivity index (χ0v) is 9.11. The molecule has 0 spiro atoms. The van der Waals surface area contributed by atoms with Gasteiger partial charge in [0, 0.05) is 13.1 Å². The smallest absolute Gasteiger partial charge is 0.230 e. The van der Waals surface area contributed by atoms with Crippen LogP contribution < -0.4 is 5.73 Å². The molecule has 0 aromatic heterocycles. The van der Waals surface area contributed by atoms with Crippen LogP contribution in [-0.2, 0) is 4.79 Å². The van der Waals surface area contributed by atoms with Crippen molar-refractivity contribution in [1.29, 1.82) is 0 Å². The maximum atomic E-state index is 12.3. The number of aliphatic hydroxyl groups excluding tert-OH is 1. The number of aliphatic hydroxyl groups is 1. The van der Waals surface area contributed by atoms with Gasteiger partial charge < -0.3 is 15.7 Å². The average molecular weight is 212 g/mol. The van der Waals surface area contributed by atoms with Gasteiger partial charge in [0.05, 0.1) is 18.1 Å². The van der Waals surface area contributed by atoms with Gasteiger partial charge in [-0.1, -0.05) is 6.42 Å². The minimum Gasteiger partial charge on any atom is -0.394 e. The third-order valence-electron chi connectivity index (χ3n) is 4.00. The van der Waals surface area contributed by atoms with Gasteiger partial charge in [0.1, 0.15) is 0 Å². The molecule has 1 saturated carbocycles. The zero-order chi connectivity index (χ0) is 10.9. The summed E-state index contributed by atoms with van der Waals surface area (Å²) in [7, 11) is 0. The Balaban J connectivity index is 2.06. The number of carbonyl (C=O) groups excluding carboxylic acids is 1. The molecular weight excluding hydrogens is 192 g/mol. The second-order valence-electron chi connectivity index (χ2n) is 4.82. The van der Waals surface area contributed by atoms with Crippen molar-refractivity contribution in [2.45, 2.75) is 38.1 Å². The van der Waals surface area contributed by atoms with Crippen molar-refractivity contribution >= 4 is 5.91 Å². The molecule has 4 heteroatoms. The Morgan fingerprint density at radius 2 is 2.20 bits per heavy atom. The molecular formula is C11H20N2O2. The molecule has 0 unspecified atom stereocenters. The van der Waals surface area contributed by atoms with Crippen LogP contribution in [0.3, 0.4) is 0 Å².